The Labute approximate surface area is 202 Å². The summed E-state index contributed by atoms with van der Waals surface area (Å²) in [5.41, 5.74) is 5.02. The number of pyridine rings is 2. The highest BCUT2D eigenvalue weighted by molar-refractivity contribution is 8.00. The third kappa shape index (κ3) is 4.75. The molecule has 3 heterocycles. The lowest BCUT2D eigenvalue weighted by Gasteiger charge is -2.21. The topological polar surface area (TPSA) is 58.1 Å². The first-order valence-electron chi connectivity index (χ1n) is 11.4. The van der Waals surface area contributed by atoms with Crippen molar-refractivity contribution < 1.29 is 9.18 Å². The molecule has 1 aliphatic heterocycles. The molecule has 172 valence electrons. The molecule has 0 unspecified atom stereocenters. The molecule has 5 nitrogen and oxygen atoms in total. The normalized spacial score (nSPS) is 14.1. The summed E-state index contributed by atoms with van der Waals surface area (Å²) >= 11 is 1.72. The van der Waals surface area contributed by atoms with Crippen molar-refractivity contribution >= 4 is 40.1 Å². The van der Waals surface area contributed by atoms with Gasteiger partial charge in [0.05, 0.1) is 16.8 Å². The molecule has 0 radical (unpaired) electrons. The van der Waals surface area contributed by atoms with E-state index in [0.29, 0.717) is 5.69 Å². The Balaban J connectivity index is 1.37. The number of hydrogen-bond donors (Lipinski definition) is 1. The number of carbonyl (C=O) groups is 1. The van der Waals surface area contributed by atoms with Crippen molar-refractivity contribution in [1.29, 1.82) is 0 Å². The number of aryl methyl sites for hydroxylation is 1. The van der Waals surface area contributed by atoms with Gasteiger partial charge in [-0.15, -0.1) is 0 Å². The number of carbonyl (C=O) groups excluding carboxylic acids is 1. The van der Waals surface area contributed by atoms with Gasteiger partial charge in [-0.25, -0.2) is 9.37 Å². The second-order valence-corrected chi connectivity index (χ2v) is 9.52. The summed E-state index contributed by atoms with van der Waals surface area (Å²) in [5, 5.41) is 3.81. The van der Waals surface area contributed by atoms with E-state index in [1.54, 1.807) is 30.4 Å². The van der Waals surface area contributed by atoms with Gasteiger partial charge in [-0.05, 0) is 85.8 Å². The van der Waals surface area contributed by atoms with Gasteiger partial charge in [-0.1, -0.05) is 12.5 Å². The van der Waals surface area contributed by atoms with E-state index in [9.17, 15) is 9.18 Å². The van der Waals surface area contributed by atoms with Crippen molar-refractivity contribution in [2.45, 2.75) is 26.2 Å². The summed E-state index contributed by atoms with van der Waals surface area (Å²) in [6.45, 7) is 2.89. The minimum absolute atomic E-state index is 0.0297. The summed E-state index contributed by atoms with van der Waals surface area (Å²) in [7, 11) is 0. The van der Waals surface area contributed by atoms with E-state index < -0.39 is 11.7 Å². The van der Waals surface area contributed by atoms with Gasteiger partial charge in [0.1, 0.15) is 5.82 Å². The van der Waals surface area contributed by atoms with Gasteiger partial charge in [0, 0.05) is 47.0 Å². The number of nitrogens with one attached hydrogen (secondary N) is 1. The smallest absolute Gasteiger partial charge is 0.258 e. The molecule has 0 aliphatic carbocycles. The Hall–Kier alpha value is -3.45. The summed E-state index contributed by atoms with van der Waals surface area (Å²) in [6.07, 6.45) is 6.95. The molecule has 0 atom stereocenters. The number of benzene rings is 2. The number of hydrogen-bond acceptors (Lipinski definition) is 5. The van der Waals surface area contributed by atoms with Crippen LogP contribution in [0.3, 0.4) is 0 Å². The molecule has 1 fully saturated rings. The third-order valence-electron chi connectivity index (χ3n) is 6.00. The molecule has 5 rings (SSSR count). The second kappa shape index (κ2) is 9.81. The van der Waals surface area contributed by atoms with Crippen LogP contribution in [0.15, 0.2) is 67.0 Å². The molecule has 2 aromatic heterocycles. The van der Waals surface area contributed by atoms with Gasteiger partial charge in [-0.2, -0.15) is 0 Å². The summed E-state index contributed by atoms with van der Waals surface area (Å²) in [6, 6.07) is 16.3. The van der Waals surface area contributed by atoms with Crippen molar-refractivity contribution in [2.75, 3.05) is 21.9 Å². The van der Waals surface area contributed by atoms with E-state index in [2.05, 4.69) is 14.6 Å². The Morgan fingerprint density at radius 1 is 1.06 bits per heavy atom. The zero-order valence-corrected chi connectivity index (χ0v) is 19.7. The third-order valence-corrected chi connectivity index (χ3v) is 7.18. The van der Waals surface area contributed by atoms with Crippen molar-refractivity contribution in [1.82, 2.24) is 9.97 Å². The van der Waals surface area contributed by atoms with Gasteiger partial charge in [0.25, 0.3) is 5.91 Å². The maximum Gasteiger partial charge on any atom is 0.258 e. The summed E-state index contributed by atoms with van der Waals surface area (Å²) in [5.74, 6) is 0.0413. The first kappa shape index (κ1) is 22.3. The number of halogens is 1. The predicted molar refractivity (Wildman–Crippen MR) is 138 cm³/mol. The number of amides is 1. The molecule has 0 spiro atoms. The molecule has 1 aliphatic rings. The number of rotatable bonds is 4. The zero-order valence-electron chi connectivity index (χ0n) is 18.9. The Kier molecular flexibility index (Phi) is 6.45. The van der Waals surface area contributed by atoms with Crippen LogP contribution in [0.4, 0.5) is 15.8 Å². The molecule has 4 aromatic rings. The van der Waals surface area contributed by atoms with Gasteiger partial charge in [0.15, 0.2) is 0 Å². The number of fused-ring (bicyclic) bond motifs is 1. The van der Waals surface area contributed by atoms with E-state index in [0.717, 1.165) is 52.1 Å². The molecule has 1 saturated heterocycles. The van der Waals surface area contributed by atoms with Crippen LogP contribution in [-0.2, 0) is 0 Å². The molecular weight excluding hydrogens is 447 g/mol. The van der Waals surface area contributed by atoms with E-state index in [-0.39, 0.29) is 5.56 Å². The van der Waals surface area contributed by atoms with E-state index in [1.807, 2.05) is 49.4 Å². The highest BCUT2D eigenvalue weighted by Gasteiger charge is 2.17. The van der Waals surface area contributed by atoms with Crippen LogP contribution in [-0.4, -0.2) is 28.2 Å². The quantitative estimate of drug-likeness (QED) is 0.338. The molecule has 1 N–H and O–H groups in total. The van der Waals surface area contributed by atoms with E-state index >= 15 is 0 Å². The molecule has 1 amide bonds. The van der Waals surface area contributed by atoms with Gasteiger partial charge >= 0.3 is 0 Å². The maximum absolute atomic E-state index is 14.9. The van der Waals surface area contributed by atoms with Crippen molar-refractivity contribution in [3.63, 3.8) is 0 Å². The summed E-state index contributed by atoms with van der Waals surface area (Å²) < 4.78 is 17.0. The molecule has 34 heavy (non-hydrogen) atoms. The fraction of sp³-hybridized carbons (Fsp3) is 0.222. The molecule has 7 heteroatoms. The second-order valence-electron chi connectivity index (χ2n) is 8.41. The van der Waals surface area contributed by atoms with Crippen molar-refractivity contribution in [2.24, 2.45) is 0 Å². The highest BCUT2D eigenvalue weighted by Crippen LogP contribution is 2.30. The zero-order chi connectivity index (χ0) is 23.5. The van der Waals surface area contributed by atoms with Gasteiger partial charge < -0.3 is 9.62 Å². The lowest BCUT2D eigenvalue weighted by molar-refractivity contribution is 0.102. The van der Waals surface area contributed by atoms with Crippen LogP contribution >= 0.6 is 11.9 Å². The minimum atomic E-state index is -0.517. The number of anilines is 2. The van der Waals surface area contributed by atoms with Crippen molar-refractivity contribution in [3.8, 4) is 11.3 Å². The molecule has 2 aromatic carbocycles. The van der Waals surface area contributed by atoms with Crippen molar-refractivity contribution in [3.05, 3.63) is 83.9 Å². The van der Waals surface area contributed by atoms with Crippen LogP contribution in [0.1, 0.15) is 35.2 Å². The fourth-order valence-corrected chi connectivity index (χ4v) is 5.18. The van der Waals surface area contributed by atoms with Crippen LogP contribution in [0, 0.1) is 12.7 Å². The Bertz CT molecular complexity index is 1350. The SMILES string of the molecule is Cc1ccc(NC(=O)c2ccc(N3CCCCCS3)cc2F)cc1-c1ccc2cnccc2n1. The lowest BCUT2D eigenvalue weighted by Crippen LogP contribution is -2.17. The summed E-state index contributed by atoms with van der Waals surface area (Å²) in [4.78, 5) is 21.8. The minimum Gasteiger partial charge on any atom is -0.322 e. The largest absolute Gasteiger partial charge is 0.322 e. The first-order chi connectivity index (χ1) is 16.6. The number of nitrogens with zero attached hydrogens (tertiary/aromatic N) is 3. The van der Waals surface area contributed by atoms with Crippen LogP contribution in [0.5, 0.6) is 0 Å². The number of aromatic nitrogens is 2. The molecule has 0 saturated carbocycles. The average molecular weight is 473 g/mol. The van der Waals surface area contributed by atoms with E-state index in [1.165, 1.54) is 18.9 Å². The fourth-order valence-electron chi connectivity index (χ4n) is 4.11. The Morgan fingerprint density at radius 3 is 2.85 bits per heavy atom. The van der Waals surface area contributed by atoms with E-state index in [4.69, 9.17) is 4.98 Å². The molecular formula is C27H25FN4OS. The lowest BCUT2D eigenvalue weighted by atomic mass is 10.0. The predicted octanol–water partition coefficient (Wildman–Crippen LogP) is 6.64. The standard InChI is InChI=1S/C27H25FN4OS/c1-18-5-7-20(15-23(18)26-10-6-19-17-29-12-11-25(19)31-26)30-27(33)22-9-8-21(16-24(22)28)32-13-3-2-4-14-34-32/h5-12,15-17H,2-4,13-14H2,1H3,(H,30,33). The van der Waals surface area contributed by atoms with Crippen LogP contribution in [0.2, 0.25) is 0 Å². The van der Waals surface area contributed by atoms with Crippen LogP contribution < -0.4 is 9.62 Å². The Morgan fingerprint density at radius 2 is 1.97 bits per heavy atom. The average Bonchev–Trinajstić information content (AvgIpc) is 3.14. The molecule has 0 bridgehead atoms. The first-order valence-corrected chi connectivity index (χ1v) is 12.4. The van der Waals surface area contributed by atoms with Gasteiger partial charge in [-0.3, -0.25) is 9.78 Å². The maximum atomic E-state index is 14.9. The monoisotopic (exact) mass is 472 g/mol. The van der Waals surface area contributed by atoms with Gasteiger partial charge in [0.2, 0.25) is 0 Å². The van der Waals surface area contributed by atoms with Crippen LogP contribution in [0.25, 0.3) is 22.2 Å². The highest BCUT2D eigenvalue weighted by atomic mass is 32.2.